The van der Waals surface area contributed by atoms with Gasteiger partial charge in [0.05, 0.1) is 0 Å². The topological polar surface area (TPSA) is 24.7 Å². The van der Waals surface area contributed by atoms with Crippen molar-refractivity contribution in [2.24, 2.45) is 9.32 Å². The first-order valence-electron chi connectivity index (χ1n) is 4.50. The lowest BCUT2D eigenvalue weighted by molar-refractivity contribution is -0.282. The molecule has 0 aliphatic carbocycles. The Morgan fingerprint density at radius 1 is 1.25 bits per heavy atom. The summed E-state index contributed by atoms with van der Waals surface area (Å²) in [7, 11) is -2.81. The highest BCUT2D eigenvalue weighted by Crippen LogP contribution is 2.40. The van der Waals surface area contributed by atoms with Crippen molar-refractivity contribution in [1.82, 2.24) is 0 Å². The van der Waals surface area contributed by atoms with Crippen molar-refractivity contribution in [2.75, 3.05) is 0 Å². The second-order valence-electron chi connectivity index (χ2n) is 3.46. The fraction of sp³-hybridized carbons (Fsp3) is 0.750. The van der Waals surface area contributed by atoms with Gasteiger partial charge in [0.15, 0.2) is 0 Å². The summed E-state index contributed by atoms with van der Waals surface area (Å²) in [6, 6.07) is -0.382. The SMILES string of the molecule is C=N[Si](C)(CCC(F)(F)C(F)(F)F)/N=C\C. The van der Waals surface area contributed by atoms with Gasteiger partial charge in [0.2, 0.25) is 0 Å². The molecule has 0 radical (unpaired) electrons. The van der Waals surface area contributed by atoms with Crippen LogP contribution < -0.4 is 0 Å². The van der Waals surface area contributed by atoms with Crippen molar-refractivity contribution in [3.63, 3.8) is 0 Å². The Kier molecular flexibility index (Phi) is 4.78. The molecule has 8 heteroatoms. The first-order valence-corrected chi connectivity index (χ1v) is 7.10. The van der Waals surface area contributed by atoms with Crippen molar-refractivity contribution in [1.29, 1.82) is 0 Å². The Labute approximate surface area is 91.5 Å². The number of nitrogens with zero attached hydrogens (tertiary/aromatic N) is 2. The van der Waals surface area contributed by atoms with Gasteiger partial charge in [0, 0.05) is 6.42 Å². The second kappa shape index (κ2) is 5.02. The summed E-state index contributed by atoms with van der Waals surface area (Å²) in [6.07, 6.45) is -5.46. The average Bonchev–Trinajstić information content (AvgIpc) is 2.14. The van der Waals surface area contributed by atoms with Crippen molar-refractivity contribution in [2.45, 2.75) is 38.0 Å². The molecule has 2 nitrogen and oxygen atoms in total. The molecule has 0 aromatic rings. The van der Waals surface area contributed by atoms with Crippen LogP contribution in [0.25, 0.3) is 0 Å². The van der Waals surface area contributed by atoms with Crippen LogP contribution in [0.15, 0.2) is 9.32 Å². The molecule has 0 N–H and O–H groups in total. The Bertz CT molecular complexity index is 276. The van der Waals surface area contributed by atoms with E-state index in [9.17, 15) is 22.0 Å². The molecule has 0 aromatic carbocycles. The van der Waals surface area contributed by atoms with Crippen LogP contribution >= 0.6 is 0 Å². The maximum Gasteiger partial charge on any atom is 0.453 e. The third kappa shape index (κ3) is 3.99. The molecule has 0 aromatic heterocycles. The largest absolute Gasteiger partial charge is 0.453 e. The normalized spacial score (nSPS) is 17.4. The lowest BCUT2D eigenvalue weighted by Crippen LogP contribution is -2.39. The molecular formula is C8H13F5N2Si. The van der Waals surface area contributed by atoms with Gasteiger partial charge in [-0.3, -0.25) is 0 Å². The highest BCUT2D eigenvalue weighted by molar-refractivity contribution is 6.76. The summed E-state index contributed by atoms with van der Waals surface area (Å²) >= 11 is 0. The zero-order valence-electron chi connectivity index (χ0n) is 8.98. The van der Waals surface area contributed by atoms with Crippen molar-refractivity contribution in [3.05, 3.63) is 0 Å². The van der Waals surface area contributed by atoms with Gasteiger partial charge in [-0.05, 0) is 32.4 Å². The molecule has 0 spiro atoms. The molecule has 0 amide bonds. The lowest BCUT2D eigenvalue weighted by atomic mass is 10.2. The molecule has 0 aliphatic heterocycles. The summed E-state index contributed by atoms with van der Waals surface area (Å²) < 4.78 is 68.3. The van der Waals surface area contributed by atoms with Crippen LogP contribution in [0.1, 0.15) is 13.3 Å². The van der Waals surface area contributed by atoms with Gasteiger partial charge in [0.1, 0.15) is 0 Å². The maximum absolute atomic E-state index is 12.6. The van der Waals surface area contributed by atoms with Gasteiger partial charge >= 0.3 is 12.1 Å². The van der Waals surface area contributed by atoms with Crippen LogP contribution in [0.4, 0.5) is 22.0 Å². The summed E-state index contributed by atoms with van der Waals surface area (Å²) in [5.74, 6) is -4.69. The van der Waals surface area contributed by atoms with E-state index < -0.39 is 26.9 Å². The van der Waals surface area contributed by atoms with Crippen LogP contribution in [0, 0.1) is 0 Å². The van der Waals surface area contributed by atoms with E-state index in [1.54, 1.807) is 6.92 Å². The summed E-state index contributed by atoms with van der Waals surface area (Å²) in [5.41, 5.74) is 0. The number of hydrogen-bond acceptors (Lipinski definition) is 2. The maximum atomic E-state index is 12.6. The first-order chi connectivity index (χ1) is 7.08. The van der Waals surface area contributed by atoms with E-state index >= 15 is 0 Å². The van der Waals surface area contributed by atoms with Gasteiger partial charge in [-0.2, -0.15) is 22.0 Å². The van der Waals surface area contributed by atoms with Crippen LogP contribution in [-0.2, 0) is 0 Å². The molecule has 1 unspecified atom stereocenters. The molecule has 0 heterocycles. The van der Waals surface area contributed by atoms with Gasteiger partial charge in [-0.1, -0.05) is 0 Å². The van der Waals surface area contributed by atoms with Gasteiger partial charge < -0.3 is 9.32 Å². The molecule has 0 bridgehead atoms. The minimum atomic E-state index is -5.51. The number of rotatable bonds is 5. The third-order valence-electron chi connectivity index (χ3n) is 2.08. The third-order valence-corrected chi connectivity index (χ3v) is 4.77. The van der Waals surface area contributed by atoms with Crippen molar-refractivity contribution in [3.8, 4) is 0 Å². The molecule has 0 saturated heterocycles. The van der Waals surface area contributed by atoms with Gasteiger partial charge in [-0.25, -0.2) is 0 Å². The Balaban J connectivity index is 4.61. The fourth-order valence-electron chi connectivity index (χ4n) is 0.998. The zero-order valence-corrected chi connectivity index (χ0v) is 9.98. The van der Waals surface area contributed by atoms with Gasteiger partial charge in [-0.15, -0.1) is 0 Å². The van der Waals surface area contributed by atoms with Crippen LogP contribution in [0.2, 0.25) is 12.6 Å². The Morgan fingerprint density at radius 3 is 2.06 bits per heavy atom. The molecule has 0 aliphatic rings. The number of halogens is 5. The highest BCUT2D eigenvalue weighted by Gasteiger charge is 2.57. The van der Waals surface area contributed by atoms with E-state index in [1.807, 2.05) is 0 Å². The van der Waals surface area contributed by atoms with Crippen LogP contribution in [0.3, 0.4) is 0 Å². The molecular weight excluding hydrogens is 247 g/mol. The number of hydrogen-bond donors (Lipinski definition) is 0. The molecule has 94 valence electrons. The monoisotopic (exact) mass is 260 g/mol. The summed E-state index contributed by atoms with van der Waals surface area (Å²) in [5, 5.41) is 0. The quantitative estimate of drug-likeness (QED) is 0.411. The molecule has 0 rings (SSSR count). The van der Waals surface area contributed by atoms with E-state index in [0.29, 0.717) is 0 Å². The predicted octanol–water partition coefficient (Wildman–Crippen LogP) is 3.44. The minimum Gasteiger partial charge on any atom is -0.311 e. The summed E-state index contributed by atoms with van der Waals surface area (Å²) in [6.45, 7) is 6.22. The van der Waals surface area contributed by atoms with E-state index in [4.69, 9.17) is 0 Å². The van der Waals surface area contributed by atoms with E-state index in [-0.39, 0.29) is 6.04 Å². The first kappa shape index (κ1) is 15.2. The molecule has 0 fully saturated rings. The van der Waals surface area contributed by atoms with Crippen LogP contribution in [-0.4, -0.2) is 33.4 Å². The van der Waals surface area contributed by atoms with Gasteiger partial charge in [0.25, 0.3) is 8.40 Å². The van der Waals surface area contributed by atoms with E-state index in [1.165, 1.54) is 12.8 Å². The zero-order chi connectivity index (χ0) is 13.0. The molecule has 16 heavy (non-hydrogen) atoms. The van der Waals surface area contributed by atoms with Crippen molar-refractivity contribution < 1.29 is 22.0 Å². The second-order valence-corrected chi connectivity index (χ2v) is 6.97. The van der Waals surface area contributed by atoms with E-state index in [0.717, 1.165) is 0 Å². The van der Waals surface area contributed by atoms with Crippen LogP contribution in [0.5, 0.6) is 0 Å². The predicted molar refractivity (Wildman–Crippen MR) is 55.8 cm³/mol. The average molecular weight is 260 g/mol. The minimum absolute atomic E-state index is 0.382. The van der Waals surface area contributed by atoms with Crippen molar-refractivity contribution >= 4 is 21.3 Å². The molecule has 0 saturated carbocycles. The Hall–Kier alpha value is -0.793. The highest BCUT2D eigenvalue weighted by atomic mass is 28.3. The molecule has 1 atom stereocenters. The lowest BCUT2D eigenvalue weighted by Gasteiger charge is -2.23. The summed E-state index contributed by atoms with van der Waals surface area (Å²) in [4.78, 5) is 0. The van der Waals surface area contributed by atoms with E-state index in [2.05, 4.69) is 16.0 Å². The Morgan fingerprint density at radius 2 is 1.75 bits per heavy atom. The smallest absolute Gasteiger partial charge is 0.311 e. The standard InChI is InChI=1S/C8H13F5N2Si/c1-4-15-16(3,14-2)6-5-7(9,10)8(11,12)13/h4H,2,5-6H2,1,3H3/b15-4-. The number of alkyl halides is 5. The fourth-order valence-corrected chi connectivity index (χ4v) is 2.71.